The van der Waals surface area contributed by atoms with Crippen molar-refractivity contribution >= 4 is 23.4 Å². The summed E-state index contributed by atoms with van der Waals surface area (Å²) in [7, 11) is 0. The average molecular weight is 407 g/mol. The zero-order chi connectivity index (χ0) is 19.8. The van der Waals surface area contributed by atoms with Gasteiger partial charge in [-0.05, 0) is 43.3 Å². The second kappa shape index (κ2) is 10.3. The summed E-state index contributed by atoms with van der Waals surface area (Å²) in [6.45, 7) is 4.80. The van der Waals surface area contributed by atoms with Gasteiger partial charge in [-0.25, -0.2) is 4.79 Å². The summed E-state index contributed by atoms with van der Waals surface area (Å²) in [6.07, 6.45) is 3.69. The summed E-state index contributed by atoms with van der Waals surface area (Å²) in [6, 6.07) is 1.64. The van der Waals surface area contributed by atoms with Crippen LogP contribution in [0.15, 0.2) is 11.4 Å². The van der Waals surface area contributed by atoms with Crippen LogP contribution < -0.4 is 5.32 Å². The number of fused-ring (bicyclic) bond motifs is 1. The van der Waals surface area contributed by atoms with E-state index in [-0.39, 0.29) is 12.5 Å². The maximum atomic E-state index is 12.7. The summed E-state index contributed by atoms with van der Waals surface area (Å²) in [5.41, 5.74) is 2.78. The quantitative estimate of drug-likeness (QED) is 0.584. The Morgan fingerprint density at radius 1 is 1.39 bits per heavy atom. The number of hydrogen-bond acceptors (Lipinski definition) is 7. The lowest BCUT2D eigenvalue weighted by atomic mass is 10.1. The van der Waals surface area contributed by atoms with Crippen LogP contribution in [0.5, 0.6) is 0 Å². The third-order valence-corrected chi connectivity index (χ3v) is 5.10. The zero-order valence-electron chi connectivity index (χ0n) is 16.1. The van der Waals surface area contributed by atoms with Crippen LogP contribution in [-0.4, -0.2) is 52.4 Å². The van der Waals surface area contributed by atoms with Gasteiger partial charge in [0.15, 0.2) is 5.69 Å². The molecule has 2 aromatic rings. The van der Waals surface area contributed by atoms with Crippen LogP contribution in [0, 0.1) is 0 Å². The first-order valence-electron chi connectivity index (χ1n) is 9.72. The highest BCUT2D eigenvalue weighted by Crippen LogP contribution is 2.19. The SMILES string of the molecule is CCc1nn(CCCOC(=O)c2ccsn2)c2c1C(=O)NCCCOCCC2. The van der Waals surface area contributed by atoms with E-state index in [1.54, 1.807) is 11.4 Å². The predicted octanol–water partition coefficient (Wildman–Crippen LogP) is 2.23. The third-order valence-electron chi connectivity index (χ3n) is 4.54. The van der Waals surface area contributed by atoms with E-state index in [1.165, 1.54) is 11.5 Å². The van der Waals surface area contributed by atoms with Gasteiger partial charge in [-0.1, -0.05) is 6.92 Å². The van der Waals surface area contributed by atoms with Gasteiger partial charge >= 0.3 is 5.97 Å². The van der Waals surface area contributed by atoms with Gasteiger partial charge in [0, 0.05) is 38.1 Å². The van der Waals surface area contributed by atoms with Crippen molar-refractivity contribution in [2.24, 2.45) is 0 Å². The van der Waals surface area contributed by atoms with Crippen molar-refractivity contribution in [3.05, 3.63) is 34.1 Å². The molecule has 0 bridgehead atoms. The van der Waals surface area contributed by atoms with Gasteiger partial charge < -0.3 is 14.8 Å². The highest BCUT2D eigenvalue weighted by atomic mass is 32.1. The Hall–Kier alpha value is -2.26. The Balaban J connectivity index is 1.66. The van der Waals surface area contributed by atoms with Crippen molar-refractivity contribution in [3.63, 3.8) is 0 Å². The number of nitrogens with one attached hydrogen (secondary N) is 1. The molecule has 0 fully saturated rings. The van der Waals surface area contributed by atoms with Crippen LogP contribution >= 0.6 is 11.5 Å². The number of carbonyl (C=O) groups excluding carboxylic acids is 2. The van der Waals surface area contributed by atoms with Crippen molar-refractivity contribution < 1.29 is 19.1 Å². The van der Waals surface area contributed by atoms with Crippen molar-refractivity contribution in [2.75, 3.05) is 26.4 Å². The Bertz CT molecular complexity index is 788. The number of amides is 1. The number of rotatable bonds is 6. The summed E-state index contributed by atoms with van der Waals surface area (Å²) in [5.74, 6) is -0.471. The molecular formula is C19H26N4O4S. The van der Waals surface area contributed by atoms with Crippen molar-refractivity contribution in [1.29, 1.82) is 0 Å². The third kappa shape index (κ3) is 5.17. The standard InChI is InChI=1S/C19H26N4O4S/c1-2-14-17-16(6-3-10-26-11-4-8-20-18(17)24)23(21-14)9-5-12-27-19(25)15-7-13-28-22-15/h7,13H,2-6,8-12H2,1H3,(H,20,24). The number of nitrogens with zero attached hydrogens (tertiary/aromatic N) is 3. The van der Waals surface area contributed by atoms with Crippen LogP contribution in [0.1, 0.15) is 58.4 Å². The first kappa shape index (κ1) is 20.5. The van der Waals surface area contributed by atoms with Gasteiger partial charge in [0.1, 0.15) is 0 Å². The predicted molar refractivity (Wildman–Crippen MR) is 105 cm³/mol. The number of esters is 1. The van der Waals surface area contributed by atoms with Crippen LogP contribution in [0.4, 0.5) is 0 Å². The maximum Gasteiger partial charge on any atom is 0.358 e. The molecule has 9 heteroatoms. The van der Waals surface area contributed by atoms with E-state index in [4.69, 9.17) is 9.47 Å². The van der Waals surface area contributed by atoms with Crippen molar-refractivity contribution in [3.8, 4) is 0 Å². The molecule has 0 aliphatic carbocycles. The lowest BCUT2D eigenvalue weighted by Gasteiger charge is -2.10. The molecule has 0 unspecified atom stereocenters. The molecule has 0 aromatic carbocycles. The van der Waals surface area contributed by atoms with Gasteiger partial charge in [-0.15, -0.1) is 0 Å². The highest BCUT2D eigenvalue weighted by molar-refractivity contribution is 7.03. The van der Waals surface area contributed by atoms with E-state index in [1.807, 2.05) is 11.6 Å². The largest absolute Gasteiger partial charge is 0.461 e. The smallest absolute Gasteiger partial charge is 0.358 e. The lowest BCUT2D eigenvalue weighted by Crippen LogP contribution is -2.26. The molecule has 3 heterocycles. The van der Waals surface area contributed by atoms with Crippen LogP contribution in [0.2, 0.25) is 0 Å². The minimum absolute atomic E-state index is 0.0602. The number of aryl methyl sites for hydroxylation is 2. The number of ether oxygens (including phenoxy) is 2. The fourth-order valence-corrected chi connectivity index (χ4v) is 3.68. The van der Waals surface area contributed by atoms with Gasteiger partial charge in [-0.2, -0.15) is 9.47 Å². The summed E-state index contributed by atoms with van der Waals surface area (Å²) >= 11 is 1.22. The van der Waals surface area contributed by atoms with E-state index < -0.39 is 5.97 Å². The number of hydrogen-bond donors (Lipinski definition) is 1. The summed E-state index contributed by atoms with van der Waals surface area (Å²) in [4.78, 5) is 24.6. The van der Waals surface area contributed by atoms with Gasteiger partial charge in [-0.3, -0.25) is 9.48 Å². The molecule has 1 amide bonds. The van der Waals surface area contributed by atoms with Crippen LogP contribution in [0.25, 0.3) is 0 Å². The maximum absolute atomic E-state index is 12.7. The zero-order valence-corrected chi connectivity index (χ0v) is 16.9. The molecule has 1 aliphatic rings. The number of aromatic nitrogens is 3. The van der Waals surface area contributed by atoms with Crippen LogP contribution in [0.3, 0.4) is 0 Å². The van der Waals surface area contributed by atoms with Gasteiger partial charge in [0.25, 0.3) is 5.91 Å². The Morgan fingerprint density at radius 3 is 3.04 bits per heavy atom. The van der Waals surface area contributed by atoms with Gasteiger partial charge in [0.05, 0.1) is 23.6 Å². The monoisotopic (exact) mass is 406 g/mol. The van der Waals surface area contributed by atoms with E-state index in [9.17, 15) is 9.59 Å². The molecular weight excluding hydrogens is 380 g/mol. The topological polar surface area (TPSA) is 95.3 Å². The molecule has 0 atom stereocenters. The first-order valence-corrected chi connectivity index (χ1v) is 10.6. The molecule has 0 spiro atoms. The molecule has 0 saturated carbocycles. The van der Waals surface area contributed by atoms with E-state index in [0.717, 1.165) is 30.7 Å². The molecule has 152 valence electrons. The minimum atomic E-state index is -0.410. The lowest BCUT2D eigenvalue weighted by molar-refractivity contribution is 0.0489. The molecule has 1 aliphatic heterocycles. The fourth-order valence-electron chi connectivity index (χ4n) is 3.18. The molecule has 28 heavy (non-hydrogen) atoms. The Kier molecular flexibility index (Phi) is 7.55. The normalized spacial score (nSPS) is 15.4. The minimum Gasteiger partial charge on any atom is -0.461 e. The molecule has 2 aromatic heterocycles. The van der Waals surface area contributed by atoms with E-state index in [2.05, 4.69) is 14.8 Å². The second-order valence-corrected chi connectivity index (χ2v) is 7.21. The molecule has 0 radical (unpaired) electrons. The Morgan fingerprint density at radius 2 is 2.25 bits per heavy atom. The summed E-state index contributed by atoms with van der Waals surface area (Å²) < 4.78 is 16.7. The van der Waals surface area contributed by atoms with Crippen molar-refractivity contribution in [1.82, 2.24) is 19.5 Å². The molecule has 0 saturated heterocycles. The fraction of sp³-hybridized carbons (Fsp3) is 0.579. The van der Waals surface area contributed by atoms with E-state index >= 15 is 0 Å². The molecule has 1 N–H and O–H groups in total. The average Bonchev–Trinajstić information content (AvgIpc) is 3.34. The highest BCUT2D eigenvalue weighted by Gasteiger charge is 2.22. The van der Waals surface area contributed by atoms with E-state index in [0.29, 0.717) is 50.4 Å². The van der Waals surface area contributed by atoms with Crippen molar-refractivity contribution in [2.45, 2.75) is 45.6 Å². The summed E-state index contributed by atoms with van der Waals surface area (Å²) in [5, 5.41) is 9.38. The second-order valence-electron chi connectivity index (χ2n) is 6.54. The molecule has 3 rings (SSSR count). The molecule has 8 nitrogen and oxygen atoms in total. The Labute approximate surface area is 168 Å². The number of carbonyl (C=O) groups is 2. The van der Waals surface area contributed by atoms with Gasteiger partial charge in [0.2, 0.25) is 0 Å². The first-order chi connectivity index (χ1) is 13.7. The van der Waals surface area contributed by atoms with Crippen LogP contribution in [-0.2, 0) is 28.9 Å².